The van der Waals surface area contributed by atoms with Crippen molar-refractivity contribution in [3.63, 3.8) is 0 Å². The average Bonchev–Trinajstić information content (AvgIpc) is 1.94. The van der Waals surface area contributed by atoms with Gasteiger partial charge in [0.25, 0.3) is 0 Å². The first-order chi connectivity index (χ1) is 5.54. The Balaban J connectivity index is 2.69. The molecule has 3 heteroatoms. The highest BCUT2D eigenvalue weighted by molar-refractivity contribution is 5.20. The van der Waals surface area contributed by atoms with Crippen molar-refractivity contribution < 1.29 is 13.5 Å². The van der Waals surface area contributed by atoms with Crippen LogP contribution < -0.4 is 0 Å². The Kier molecular flexibility index (Phi) is 2.62. The maximum Gasteiger partial charge on any atom is 0.346 e. The van der Waals surface area contributed by atoms with Crippen LogP contribution in [0.2, 0.25) is 0 Å². The largest absolute Gasteiger partial charge is 0.346 e. The van der Waals surface area contributed by atoms with Gasteiger partial charge in [-0.3, -0.25) is 0 Å². The van der Waals surface area contributed by atoms with E-state index in [1.807, 2.05) is 19.1 Å². The molecule has 2 unspecified atom stereocenters. The van der Waals surface area contributed by atoms with E-state index in [1.54, 1.807) is 19.1 Å². The third kappa shape index (κ3) is 1.91. The second-order valence-electron chi connectivity index (χ2n) is 3.10. The zero-order chi connectivity index (χ0) is 9.19. The van der Waals surface area contributed by atoms with Gasteiger partial charge in [0, 0.05) is 5.92 Å². The lowest BCUT2D eigenvalue weighted by atomic mass is 9.87. The summed E-state index contributed by atoms with van der Waals surface area (Å²) < 4.78 is 28.4. The first-order valence-corrected chi connectivity index (χ1v) is 3.86. The average molecular weight is 174 g/mol. The molecule has 0 aliphatic heterocycles. The van der Waals surface area contributed by atoms with Gasteiger partial charge in [0.2, 0.25) is 0 Å². The van der Waals surface area contributed by atoms with E-state index in [9.17, 15) is 8.78 Å². The van der Waals surface area contributed by atoms with Gasteiger partial charge in [0.05, 0.1) is 5.60 Å². The summed E-state index contributed by atoms with van der Waals surface area (Å²) in [5, 5.41) is 0. The van der Waals surface area contributed by atoms with Crippen molar-refractivity contribution in [3.05, 3.63) is 24.3 Å². The minimum atomic E-state index is -2.71. The van der Waals surface area contributed by atoms with E-state index >= 15 is 0 Å². The summed E-state index contributed by atoms with van der Waals surface area (Å²) in [6.07, 6.45) is 7.07. The predicted octanol–water partition coefficient (Wildman–Crippen LogP) is 2.75. The maximum absolute atomic E-state index is 12.0. The molecule has 1 rings (SSSR count). The van der Waals surface area contributed by atoms with Crippen molar-refractivity contribution >= 4 is 0 Å². The van der Waals surface area contributed by atoms with Crippen LogP contribution in [0.15, 0.2) is 24.3 Å². The lowest BCUT2D eigenvalue weighted by Crippen LogP contribution is -2.36. The molecule has 0 aromatic heterocycles. The lowest BCUT2D eigenvalue weighted by molar-refractivity contribution is -0.195. The maximum atomic E-state index is 12.0. The number of ether oxygens (including phenoxy) is 1. The molecule has 0 radical (unpaired) electrons. The molecule has 0 spiro atoms. The van der Waals surface area contributed by atoms with Gasteiger partial charge in [0.15, 0.2) is 0 Å². The Bertz CT molecular complexity index is 211. The molecule has 68 valence electrons. The fourth-order valence-corrected chi connectivity index (χ4v) is 1.16. The normalized spacial score (nSPS) is 34.6. The van der Waals surface area contributed by atoms with Gasteiger partial charge in [-0.15, -0.1) is 0 Å². The van der Waals surface area contributed by atoms with Gasteiger partial charge in [-0.1, -0.05) is 31.2 Å². The van der Waals surface area contributed by atoms with Gasteiger partial charge >= 0.3 is 6.61 Å². The quantitative estimate of drug-likeness (QED) is 0.625. The Labute approximate surface area is 70.7 Å². The van der Waals surface area contributed by atoms with Crippen LogP contribution in [0.3, 0.4) is 0 Å². The van der Waals surface area contributed by atoms with Crippen molar-refractivity contribution in [1.82, 2.24) is 0 Å². The number of allylic oxidation sites excluding steroid dienone is 2. The fourth-order valence-electron chi connectivity index (χ4n) is 1.16. The van der Waals surface area contributed by atoms with E-state index in [-0.39, 0.29) is 5.92 Å². The molecular formula is C9H12F2O. The Morgan fingerprint density at radius 3 is 2.58 bits per heavy atom. The predicted molar refractivity (Wildman–Crippen MR) is 42.9 cm³/mol. The summed E-state index contributed by atoms with van der Waals surface area (Å²) in [4.78, 5) is 0. The van der Waals surface area contributed by atoms with Crippen LogP contribution in [-0.4, -0.2) is 12.2 Å². The van der Waals surface area contributed by atoms with Crippen LogP contribution in [0.5, 0.6) is 0 Å². The molecule has 0 aromatic rings. The minimum Gasteiger partial charge on any atom is -0.312 e. The fraction of sp³-hybridized carbons (Fsp3) is 0.556. The van der Waals surface area contributed by atoms with Gasteiger partial charge < -0.3 is 4.74 Å². The molecule has 1 aliphatic carbocycles. The molecule has 0 aromatic carbocycles. The smallest absolute Gasteiger partial charge is 0.312 e. The highest BCUT2D eigenvalue weighted by Gasteiger charge is 2.32. The second-order valence-corrected chi connectivity index (χ2v) is 3.10. The van der Waals surface area contributed by atoms with Crippen LogP contribution in [0, 0.1) is 5.92 Å². The zero-order valence-corrected chi connectivity index (χ0v) is 7.13. The van der Waals surface area contributed by atoms with Crippen molar-refractivity contribution in [3.8, 4) is 0 Å². The highest BCUT2D eigenvalue weighted by Crippen LogP contribution is 2.29. The molecule has 0 amide bonds. The van der Waals surface area contributed by atoms with Crippen molar-refractivity contribution in [2.24, 2.45) is 5.92 Å². The van der Waals surface area contributed by atoms with Crippen LogP contribution in [0.4, 0.5) is 8.78 Å². The minimum absolute atomic E-state index is 0.0171. The Morgan fingerprint density at radius 1 is 1.42 bits per heavy atom. The summed E-state index contributed by atoms with van der Waals surface area (Å²) in [6, 6.07) is 0. The van der Waals surface area contributed by atoms with Crippen LogP contribution >= 0.6 is 0 Å². The molecule has 0 bridgehead atoms. The molecule has 1 aliphatic rings. The van der Waals surface area contributed by atoms with Crippen LogP contribution in [-0.2, 0) is 4.74 Å². The summed E-state index contributed by atoms with van der Waals surface area (Å²) in [7, 11) is 0. The monoisotopic (exact) mass is 174 g/mol. The van der Waals surface area contributed by atoms with Gasteiger partial charge in [-0.2, -0.15) is 8.78 Å². The number of rotatable bonds is 2. The Morgan fingerprint density at radius 2 is 2.08 bits per heavy atom. The topological polar surface area (TPSA) is 9.23 Å². The van der Waals surface area contributed by atoms with Gasteiger partial charge in [0.1, 0.15) is 0 Å². The summed E-state index contributed by atoms with van der Waals surface area (Å²) in [5.41, 5.74) is -0.858. The van der Waals surface area contributed by atoms with Crippen LogP contribution in [0.25, 0.3) is 0 Å². The van der Waals surface area contributed by atoms with Gasteiger partial charge in [-0.05, 0) is 6.92 Å². The first-order valence-electron chi connectivity index (χ1n) is 3.86. The SMILES string of the molecule is CC1C=CC=CC1(C)OC(F)F. The van der Waals surface area contributed by atoms with E-state index in [0.29, 0.717) is 0 Å². The summed E-state index contributed by atoms with van der Waals surface area (Å²) in [6.45, 7) is 0.792. The Hall–Kier alpha value is -0.700. The number of halogens is 2. The van der Waals surface area contributed by atoms with E-state index in [4.69, 9.17) is 0 Å². The summed E-state index contributed by atoms with van der Waals surface area (Å²) >= 11 is 0. The van der Waals surface area contributed by atoms with Gasteiger partial charge in [-0.25, -0.2) is 0 Å². The molecule has 2 atom stereocenters. The lowest BCUT2D eigenvalue weighted by Gasteiger charge is -2.32. The third-order valence-corrected chi connectivity index (χ3v) is 2.19. The van der Waals surface area contributed by atoms with E-state index < -0.39 is 12.2 Å². The van der Waals surface area contributed by atoms with Crippen molar-refractivity contribution in [2.75, 3.05) is 0 Å². The third-order valence-electron chi connectivity index (χ3n) is 2.19. The highest BCUT2D eigenvalue weighted by atomic mass is 19.3. The molecule has 0 heterocycles. The van der Waals surface area contributed by atoms with Crippen molar-refractivity contribution in [2.45, 2.75) is 26.1 Å². The van der Waals surface area contributed by atoms with Crippen molar-refractivity contribution in [1.29, 1.82) is 0 Å². The zero-order valence-electron chi connectivity index (χ0n) is 7.13. The number of hydrogen-bond donors (Lipinski definition) is 0. The molecule has 1 nitrogen and oxygen atoms in total. The summed E-state index contributed by atoms with van der Waals surface area (Å²) in [5.74, 6) is -0.0171. The number of alkyl halides is 2. The molecule has 0 fully saturated rings. The van der Waals surface area contributed by atoms with Crippen LogP contribution in [0.1, 0.15) is 13.8 Å². The molecule has 0 saturated carbocycles. The molecule has 0 saturated heterocycles. The first kappa shape index (κ1) is 9.39. The van der Waals surface area contributed by atoms with E-state index in [0.717, 1.165) is 0 Å². The molecule has 12 heavy (non-hydrogen) atoms. The second kappa shape index (κ2) is 3.35. The number of hydrogen-bond acceptors (Lipinski definition) is 1. The van der Waals surface area contributed by atoms with E-state index in [1.165, 1.54) is 0 Å². The van der Waals surface area contributed by atoms with E-state index in [2.05, 4.69) is 4.74 Å². The molecule has 0 N–H and O–H groups in total. The molecular weight excluding hydrogens is 162 g/mol. The standard InChI is InChI=1S/C9H12F2O/c1-7-5-3-4-6-9(7,2)12-8(10)11/h3-8H,1-2H3.